The highest BCUT2D eigenvalue weighted by atomic mass is 16.5. The Morgan fingerprint density at radius 3 is 2.00 bits per heavy atom. The summed E-state index contributed by atoms with van der Waals surface area (Å²) in [5.74, 6) is 11.2. The molecule has 0 saturated carbocycles. The van der Waals surface area contributed by atoms with E-state index < -0.39 is 0 Å². The van der Waals surface area contributed by atoms with Gasteiger partial charge in [0.2, 0.25) is 11.8 Å². The largest absolute Gasteiger partial charge is 0.493 e. The molecule has 132 valence electrons. The Labute approximate surface area is 145 Å². The van der Waals surface area contributed by atoms with E-state index in [1.165, 1.54) is 7.11 Å². The average Bonchev–Trinajstić information content (AvgIpc) is 2.63. The van der Waals surface area contributed by atoms with Gasteiger partial charge in [0.15, 0.2) is 11.5 Å². The molecule has 2 amide bonds. The minimum Gasteiger partial charge on any atom is -0.493 e. The number of methoxy groups -OCH3 is 1. The number of amides is 2. The standard InChI is InChI=1S/C17H20N4O4/c1-24-14-7-4-12(10-17(23)21-19)8-15(14)25-13-5-2-11(3-6-13)9-16(22)20-18/h2-8H,9-10,18-19H2,1H3,(H,20,22)(H,21,23). The lowest BCUT2D eigenvalue weighted by atomic mass is 10.1. The molecule has 0 radical (unpaired) electrons. The lowest BCUT2D eigenvalue weighted by Gasteiger charge is -2.12. The molecule has 0 aliphatic carbocycles. The molecule has 0 aliphatic rings. The lowest BCUT2D eigenvalue weighted by molar-refractivity contribution is -0.121. The fraction of sp³-hybridized carbons (Fsp3) is 0.176. The number of benzene rings is 2. The number of nitrogens with one attached hydrogen (secondary N) is 2. The van der Waals surface area contributed by atoms with Crippen LogP contribution in [0.3, 0.4) is 0 Å². The molecular formula is C17H20N4O4. The number of hydrazine groups is 2. The van der Waals surface area contributed by atoms with Crippen LogP contribution in [-0.2, 0) is 22.4 Å². The summed E-state index contributed by atoms with van der Waals surface area (Å²) in [6, 6.07) is 12.2. The normalized spacial score (nSPS) is 10.0. The van der Waals surface area contributed by atoms with Crippen LogP contribution >= 0.6 is 0 Å². The molecule has 0 heterocycles. The van der Waals surface area contributed by atoms with Gasteiger partial charge in [0, 0.05) is 0 Å². The first-order valence-corrected chi connectivity index (χ1v) is 7.48. The molecule has 0 aliphatic heterocycles. The molecule has 0 spiro atoms. The van der Waals surface area contributed by atoms with E-state index in [9.17, 15) is 9.59 Å². The zero-order chi connectivity index (χ0) is 18.2. The van der Waals surface area contributed by atoms with E-state index in [1.54, 1.807) is 42.5 Å². The van der Waals surface area contributed by atoms with Crippen LogP contribution in [0.25, 0.3) is 0 Å². The maximum absolute atomic E-state index is 11.4. The Bertz CT molecular complexity index is 747. The Morgan fingerprint density at radius 1 is 0.880 bits per heavy atom. The van der Waals surface area contributed by atoms with Crippen molar-refractivity contribution in [1.82, 2.24) is 10.9 Å². The molecule has 0 unspecified atom stereocenters. The van der Waals surface area contributed by atoms with Crippen molar-refractivity contribution in [2.24, 2.45) is 11.7 Å². The molecule has 0 atom stereocenters. The maximum Gasteiger partial charge on any atom is 0.238 e. The highest BCUT2D eigenvalue weighted by Crippen LogP contribution is 2.32. The summed E-state index contributed by atoms with van der Waals surface area (Å²) < 4.78 is 11.1. The van der Waals surface area contributed by atoms with Crippen LogP contribution in [0.2, 0.25) is 0 Å². The van der Waals surface area contributed by atoms with Crippen LogP contribution in [0, 0.1) is 0 Å². The minimum absolute atomic E-state index is 0.129. The van der Waals surface area contributed by atoms with Crippen LogP contribution in [0.5, 0.6) is 17.2 Å². The first-order chi connectivity index (χ1) is 12.0. The van der Waals surface area contributed by atoms with Crippen LogP contribution in [-0.4, -0.2) is 18.9 Å². The third-order valence-electron chi connectivity index (χ3n) is 3.43. The third-order valence-corrected chi connectivity index (χ3v) is 3.43. The summed E-state index contributed by atoms with van der Waals surface area (Å²) >= 11 is 0. The summed E-state index contributed by atoms with van der Waals surface area (Å²) in [6.07, 6.45) is 0.313. The minimum atomic E-state index is -0.307. The first kappa shape index (κ1) is 18.2. The van der Waals surface area contributed by atoms with Gasteiger partial charge in [0.05, 0.1) is 20.0 Å². The van der Waals surface area contributed by atoms with Crippen molar-refractivity contribution in [2.75, 3.05) is 7.11 Å². The Balaban J connectivity index is 2.16. The van der Waals surface area contributed by atoms with Crippen molar-refractivity contribution in [2.45, 2.75) is 12.8 Å². The number of carbonyl (C=O) groups is 2. The number of hydrogen-bond acceptors (Lipinski definition) is 6. The Morgan fingerprint density at radius 2 is 1.44 bits per heavy atom. The van der Waals surface area contributed by atoms with E-state index >= 15 is 0 Å². The van der Waals surface area contributed by atoms with Crippen molar-refractivity contribution in [1.29, 1.82) is 0 Å². The lowest BCUT2D eigenvalue weighted by Crippen LogP contribution is -2.31. The Kier molecular flexibility index (Phi) is 6.33. The van der Waals surface area contributed by atoms with Crippen molar-refractivity contribution in [3.8, 4) is 17.2 Å². The molecule has 8 nitrogen and oxygen atoms in total. The van der Waals surface area contributed by atoms with Crippen LogP contribution in [0.15, 0.2) is 42.5 Å². The zero-order valence-corrected chi connectivity index (χ0v) is 13.7. The summed E-state index contributed by atoms with van der Waals surface area (Å²) in [5.41, 5.74) is 5.70. The van der Waals surface area contributed by atoms with Crippen molar-refractivity contribution >= 4 is 11.8 Å². The van der Waals surface area contributed by atoms with Crippen molar-refractivity contribution in [3.63, 3.8) is 0 Å². The molecule has 2 aromatic carbocycles. The molecule has 0 bridgehead atoms. The second-order valence-electron chi connectivity index (χ2n) is 5.22. The van der Waals surface area contributed by atoms with E-state index in [-0.39, 0.29) is 24.7 Å². The first-order valence-electron chi connectivity index (χ1n) is 7.48. The van der Waals surface area contributed by atoms with Gasteiger partial charge in [-0.15, -0.1) is 0 Å². The molecule has 6 N–H and O–H groups in total. The number of rotatable bonds is 7. The fourth-order valence-electron chi connectivity index (χ4n) is 2.19. The number of ether oxygens (including phenoxy) is 2. The van der Waals surface area contributed by atoms with E-state index in [2.05, 4.69) is 10.9 Å². The smallest absolute Gasteiger partial charge is 0.238 e. The van der Waals surface area contributed by atoms with Crippen LogP contribution in [0.4, 0.5) is 0 Å². The molecule has 0 saturated heterocycles. The molecule has 8 heteroatoms. The van der Waals surface area contributed by atoms with Gasteiger partial charge in [-0.3, -0.25) is 20.4 Å². The number of nitrogens with two attached hydrogens (primary N) is 2. The van der Waals surface area contributed by atoms with Gasteiger partial charge >= 0.3 is 0 Å². The van der Waals surface area contributed by atoms with Gasteiger partial charge in [0.1, 0.15) is 5.75 Å². The van der Waals surface area contributed by atoms with Gasteiger partial charge in [-0.05, 0) is 35.4 Å². The SMILES string of the molecule is COc1ccc(CC(=O)NN)cc1Oc1ccc(CC(=O)NN)cc1. The monoisotopic (exact) mass is 344 g/mol. The zero-order valence-electron chi connectivity index (χ0n) is 13.7. The topological polar surface area (TPSA) is 129 Å². The summed E-state index contributed by atoms with van der Waals surface area (Å²) in [6.45, 7) is 0. The number of carbonyl (C=O) groups excluding carboxylic acids is 2. The summed E-state index contributed by atoms with van der Waals surface area (Å²) in [5, 5.41) is 0. The van der Waals surface area contributed by atoms with E-state index in [0.717, 1.165) is 11.1 Å². The highest BCUT2D eigenvalue weighted by molar-refractivity contribution is 5.78. The van der Waals surface area contributed by atoms with Crippen molar-refractivity contribution < 1.29 is 19.1 Å². The van der Waals surface area contributed by atoms with Crippen LogP contribution < -0.4 is 32.0 Å². The predicted octanol–water partition coefficient (Wildman–Crippen LogP) is 0.552. The summed E-state index contributed by atoms with van der Waals surface area (Å²) in [4.78, 5) is 22.7. The summed E-state index contributed by atoms with van der Waals surface area (Å²) in [7, 11) is 1.53. The third kappa shape index (κ3) is 5.20. The second kappa shape index (κ2) is 8.67. The predicted molar refractivity (Wildman–Crippen MR) is 91.6 cm³/mol. The van der Waals surface area contributed by atoms with E-state index in [1.807, 2.05) is 0 Å². The Hall–Kier alpha value is -3.10. The molecule has 0 aromatic heterocycles. The van der Waals surface area contributed by atoms with E-state index in [0.29, 0.717) is 17.2 Å². The van der Waals surface area contributed by atoms with Gasteiger partial charge in [-0.25, -0.2) is 11.7 Å². The average molecular weight is 344 g/mol. The molecular weight excluding hydrogens is 324 g/mol. The van der Waals surface area contributed by atoms with Gasteiger partial charge in [0.25, 0.3) is 0 Å². The van der Waals surface area contributed by atoms with Gasteiger partial charge in [-0.1, -0.05) is 18.2 Å². The molecule has 2 aromatic rings. The highest BCUT2D eigenvalue weighted by Gasteiger charge is 2.10. The van der Waals surface area contributed by atoms with Crippen molar-refractivity contribution in [3.05, 3.63) is 53.6 Å². The molecule has 25 heavy (non-hydrogen) atoms. The second-order valence-corrected chi connectivity index (χ2v) is 5.22. The maximum atomic E-state index is 11.4. The van der Waals surface area contributed by atoms with Crippen LogP contribution in [0.1, 0.15) is 11.1 Å². The van der Waals surface area contributed by atoms with E-state index in [4.69, 9.17) is 21.2 Å². The fourth-order valence-corrected chi connectivity index (χ4v) is 2.19. The number of hydrogen-bond donors (Lipinski definition) is 4. The molecule has 2 rings (SSSR count). The molecule has 0 fully saturated rings. The van der Waals surface area contributed by atoms with Gasteiger partial charge in [-0.2, -0.15) is 0 Å². The van der Waals surface area contributed by atoms with Gasteiger partial charge < -0.3 is 9.47 Å². The quantitative estimate of drug-likeness (QED) is 0.330.